The molecule has 25 heavy (non-hydrogen) atoms. The number of sulfone groups is 1. The first-order chi connectivity index (χ1) is 11.8. The predicted octanol–water partition coefficient (Wildman–Crippen LogP) is 1.79. The molecule has 2 aromatic rings. The van der Waals surface area contributed by atoms with Crippen LogP contribution in [0.15, 0.2) is 34.9 Å². The lowest BCUT2D eigenvalue weighted by Crippen LogP contribution is -2.40. The molecule has 1 amide bonds. The number of aryl methyl sites for hydroxylation is 2. The van der Waals surface area contributed by atoms with Crippen LogP contribution in [0.4, 0.5) is 0 Å². The van der Waals surface area contributed by atoms with Gasteiger partial charge in [0.15, 0.2) is 9.84 Å². The molecular weight excluding hydrogens is 344 g/mol. The van der Waals surface area contributed by atoms with Gasteiger partial charge in [0, 0.05) is 6.07 Å². The van der Waals surface area contributed by atoms with E-state index in [9.17, 15) is 13.2 Å². The smallest absolute Gasteiger partial charge is 0.238 e. The van der Waals surface area contributed by atoms with Crippen molar-refractivity contribution in [2.45, 2.75) is 31.8 Å². The van der Waals surface area contributed by atoms with Crippen LogP contribution in [-0.2, 0) is 20.4 Å². The summed E-state index contributed by atoms with van der Waals surface area (Å²) in [6.07, 6.45) is 0. The Morgan fingerprint density at radius 3 is 2.72 bits per heavy atom. The molecule has 0 saturated heterocycles. The predicted molar refractivity (Wildman–Crippen MR) is 93.0 cm³/mol. The zero-order chi connectivity index (χ0) is 18.4. The van der Waals surface area contributed by atoms with Gasteiger partial charge >= 0.3 is 0 Å². The Hall–Kier alpha value is -2.35. The summed E-state index contributed by atoms with van der Waals surface area (Å²) in [5.74, 6) is 0.332. The molecule has 0 aliphatic carbocycles. The number of aromatic nitrogens is 1. The summed E-state index contributed by atoms with van der Waals surface area (Å²) in [5.41, 5.74) is 1.37. The van der Waals surface area contributed by atoms with Gasteiger partial charge in [-0.05, 0) is 38.5 Å². The Bertz CT molecular complexity index is 829. The van der Waals surface area contributed by atoms with Gasteiger partial charge in [0.2, 0.25) is 5.91 Å². The van der Waals surface area contributed by atoms with Crippen molar-refractivity contribution in [2.75, 3.05) is 13.2 Å². The minimum absolute atomic E-state index is 0.218. The molecule has 7 nitrogen and oxygen atoms in total. The molecule has 1 atom stereocenters. The normalized spacial score (nSPS) is 12.6. The van der Waals surface area contributed by atoms with E-state index in [-0.39, 0.29) is 18.9 Å². The highest BCUT2D eigenvalue weighted by atomic mass is 32.2. The van der Waals surface area contributed by atoms with Gasteiger partial charge in [-0.3, -0.25) is 4.79 Å². The largest absolute Gasteiger partial charge is 0.492 e. The maximum Gasteiger partial charge on any atom is 0.238 e. The highest BCUT2D eigenvalue weighted by Crippen LogP contribution is 2.13. The Morgan fingerprint density at radius 1 is 1.32 bits per heavy atom. The summed E-state index contributed by atoms with van der Waals surface area (Å²) in [6.45, 7) is 5.46. The van der Waals surface area contributed by atoms with Crippen LogP contribution in [-0.4, -0.2) is 37.9 Å². The Balaban J connectivity index is 1.81. The topological polar surface area (TPSA) is 98.5 Å². The van der Waals surface area contributed by atoms with Crippen LogP contribution in [0.3, 0.4) is 0 Å². The number of ether oxygens (including phenoxy) is 1. The molecule has 1 aromatic carbocycles. The third kappa shape index (κ3) is 5.60. The molecule has 0 aliphatic heterocycles. The molecule has 0 bridgehead atoms. The van der Waals surface area contributed by atoms with Crippen LogP contribution in [0.25, 0.3) is 0 Å². The van der Waals surface area contributed by atoms with Crippen LogP contribution in [0.2, 0.25) is 0 Å². The standard InChI is InChI=1S/C17H22N2O5S/c1-12-5-4-6-16(9-12)23-8-7-18-17(20)14(3)25(21,22)11-15-10-13(2)24-19-15/h4-6,9-10,14H,7-8,11H2,1-3H3,(H,18,20)/t14-/m0/s1. The summed E-state index contributed by atoms with van der Waals surface area (Å²) in [4.78, 5) is 12.1. The van der Waals surface area contributed by atoms with Crippen molar-refractivity contribution < 1.29 is 22.5 Å². The van der Waals surface area contributed by atoms with Crippen LogP contribution in [0.1, 0.15) is 23.9 Å². The summed E-state index contributed by atoms with van der Waals surface area (Å²) >= 11 is 0. The molecule has 0 radical (unpaired) electrons. The molecule has 0 spiro atoms. The van der Waals surface area contributed by atoms with Crippen molar-refractivity contribution >= 4 is 15.7 Å². The van der Waals surface area contributed by atoms with Crippen molar-refractivity contribution in [1.82, 2.24) is 10.5 Å². The highest BCUT2D eigenvalue weighted by Gasteiger charge is 2.29. The van der Waals surface area contributed by atoms with Gasteiger partial charge in [-0.1, -0.05) is 17.3 Å². The molecule has 136 valence electrons. The first kappa shape index (κ1) is 19.0. The lowest BCUT2D eigenvalue weighted by atomic mass is 10.2. The Labute approximate surface area is 147 Å². The van der Waals surface area contributed by atoms with Gasteiger partial charge in [0.25, 0.3) is 0 Å². The van der Waals surface area contributed by atoms with Gasteiger partial charge < -0.3 is 14.6 Å². The maximum atomic E-state index is 12.3. The van der Waals surface area contributed by atoms with Gasteiger partial charge in [-0.25, -0.2) is 8.42 Å². The lowest BCUT2D eigenvalue weighted by Gasteiger charge is -2.13. The Morgan fingerprint density at radius 2 is 2.08 bits per heavy atom. The van der Waals surface area contributed by atoms with E-state index in [1.54, 1.807) is 6.92 Å². The van der Waals surface area contributed by atoms with Crippen LogP contribution in [0, 0.1) is 13.8 Å². The first-order valence-corrected chi connectivity index (χ1v) is 9.60. The third-order valence-electron chi connectivity index (χ3n) is 3.59. The summed E-state index contributed by atoms with van der Waals surface area (Å²) in [7, 11) is -3.67. The highest BCUT2D eigenvalue weighted by molar-refractivity contribution is 7.92. The molecule has 0 fully saturated rings. The van der Waals surface area contributed by atoms with Crippen LogP contribution < -0.4 is 10.1 Å². The van der Waals surface area contributed by atoms with Crippen molar-refractivity contribution in [3.05, 3.63) is 47.3 Å². The quantitative estimate of drug-likeness (QED) is 0.715. The fraction of sp³-hybridized carbons (Fsp3) is 0.412. The SMILES string of the molecule is Cc1cccc(OCCNC(=O)[C@H](C)S(=O)(=O)Cc2cc(C)on2)c1. The molecule has 1 aromatic heterocycles. The lowest BCUT2D eigenvalue weighted by molar-refractivity contribution is -0.120. The van der Waals surface area contributed by atoms with Crippen LogP contribution >= 0.6 is 0 Å². The zero-order valence-corrected chi connectivity index (χ0v) is 15.3. The molecule has 0 saturated carbocycles. The number of amides is 1. The molecular formula is C17H22N2O5S. The molecule has 1 heterocycles. The number of benzene rings is 1. The van der Waals surface area contributed by atoms with E-state index in [1.807, 2.05) is 31.2 Å². The molecule has 0 unspecified atom stereocenters. The molecule has 0 aliphatic rings. The monoisotopic (exact) mass is 366 g/mol. The number of carbonyl (C=O) groups is 1. The second-order valence-electron chi connectivity index (χ2n) is 5.83. The summed E-state index contributed by atoms with van der Waals surface area (Å²) < 4.78 is 34.9. The van der Waals surface area contributed by atoms with Crippen molar-refractivity contribution in [2.24, 2.45) is 0 Å². The van der Waals surface area contributed by atoms with E-state index in [4.69, 9.17) is 9.26 Å². The van der Waals surface area contributed by atoms with E-state index < -0.39 is 21.0 Å². The van der Waals surface area contributed by atoms with Crippen LogP contribution in [0.5, 0.6) is 5.75 Å². The van der Waals surface area contributed by atoms with E-state index >= 15 is 0 Å². The average Bonchev–Trinajstić information content (AvgIpc) is 2.95. The number of hydrogen-bond acceptors (Lipinski definition) is 6. The average molecular weight is 366 g/mol. The van der Waals surface area contributed by atoms with Gasteiger partial charge in [0.05, 0.1) is 18.0 Å². The van der Waals surface area contributed by atoms with E-state index in [2.05, 4.69) is 10.5 Å². The van der Waals surface area contributed by atoms with Crippen molar-refractivity contribution in [3.8, 4) is 5.75 Å². The Kier molecular flexibility index (Phi) is 6.19. The van der Waals surface area contributed by atoms with Gasteiger partial charge in [-0.2, -0.15) is 0 Å². The number of rotatable bonds is 8. The minimum Gasteiger partial charge on any atom is -0.492 e. The number of hydrogen-bond donors (Lipinski definition) is 1. The van der Waals surface area contributed by atoms with Crippen molar-refractivity contribution in [1.29, 1.82) is 0 Å². The maximum absolute atomic E-state index is 12.3. The fourth-order valence-electron chi connectivity index (χ4n) is 2.17. The number of carbonyl (C=O) groups excluding carboxylic acids is 1. The third-order valence-corrected chi connectivity index (χ3v) is 5.58. The number of nitrogens with one attached hydrogen (secondary N) is 1. The van der Waals surface area contributed by atoms with Crippen molar-refractivity contribution in [3.63, 3.8) is 0 Å². The fourth-order valence-corrected chi connectivity index (χ4v) is 3.38. The van der Waals surface area contributed by atoms with Gasteiger partial charge in [-0.15, -0.1) is 0 Å². The van der Waals surface area contributed by atoms with Gasteiger partial charge in [0.1, 0.15) is 23.4 Å². The minimum atomic E-state index is -3.67. The molecule has 8 heteroatoms. The number of nitrogens with zero attached hydrogens (tertiary/aromatic N) is 1. The second-order valence-corrected chi connectivity index (χ2v) is 8.16. The zero-order valence-electron chi connectivity index (χ0n) is 14.5. The molecule has 2 rings (SSSR count). The molecule has 1 N–H and O–H groups in total. The second kappa shape index (κ2) is 8.15. The van der Waals surface area contributed by atoms with E-state index in [0.29, 0.717) is 17.2 Å². The van der Waals surface area contributed by atoms with E-state index in [0.717, 1.165) is 5.56 Å². The summed E-state index contributed by atoms with van der Waals surface area (Å²) in [5, 5.41) is 5.05. The first-order valence-electron chi connectivity index (χ1n) is 7.89. The summed E-state index contributed by atoms with van der Waals surface area (Å²) in [6, 6.07) is 9.08. The van der Waals surface area contributed by atoms with E-state index in [1.165, 1.54) is 13.0 Å².